The van der Waals surface area contributed by atoms with Gasteiger partial charge in [0.2, 0.25) is 10.0 Å². The number of sulfonamides is 1. The first-order valence-electron chi connectivity index (χ1n) is 6.22. The predicted molar refractivity (Wildman–Crippen MR) is 81.6 cm³/mol. The highest BCUT2D eigenvalue weighted by Crippen LogP contribution is 2.19. The maximum atomic E-state index is 12.4. The number of hydrogen-bond acceptors (Lipinski definition) is 3. The maximum Gasteiger partial charge on any atom is 0.243 e. The van der Waals surface area contributed by atoms with Crippen LogP contribution in [0.15, 0.2) is 29.2 Å². The summed E-state index contributed by atoms with van der Waals surface area (Å²) >= 11 is 4.85. The van der Waals surface area contributed by atoms with Crippen molar-refractivity contribution in [3.63, 3.8) is 0 Å². The Morgan fingerprint density at radius 1 is 1.26 bits per heavy atom. The van der Waals surface area contributed by atoms with E-state index in [1.807, 2.05) is 13.8 Å². The Balaban J connectivity index is 3.09. The molecule has 0 unspecified atom stereocenters. The summed E-state index contributed by atoms with van der Waals surface area (Å²) in [6.45, 7) is 3.96. The summed E-state index contributed by atoms with van der Waals surface area (Å²) in [7, 11) is -1.84. The number of thiocarbonyl (C=S) groups is 1. The van der Waals surface area contributed by atoms with Crippen molar-refractivity contribution in [2.45, 2.75) is 37.6 Å². The zero-order valence-electron chi connectivity index (χ0n) is 11.5. The highest BCUT2D eigenvalue weighted by Gasteiger charge is 2.25. The quantitative estimate of drug-likeness (QED) is 0.818. The first-order valence-corrected chi connectivity index (χ1v) is 8.07. The van der Waals surface area contributed by atoms with Crippen LogP contribution >= 0.6 is 12.2 Å². The number of nitrogens with two attached hydrogens (primary N) is 1. The van der Waals surface area contributed by atoms with Gasteiger partial charge in [-0.15, -0.1) is 0 Å². The molecule has 0 aliphatic heterocycles. The molecule has 0 aliphatic carbocycles. The van der Waals surface area contributed by atoms with Crippen LogP contribution in [0.4, 0.5) is 0 Å². The molecule has 0 bridgehead atoms. The highest BCUT2D eigenvalue weighted by atomic mass is 32.2. The van der Waals surface area contributed by atoms with Crippen LogP contribution in [0.5, 0.6) is 0 Å². The molecule has 1 aromatic rings. The van der Waals surface area contributed by atoms with Gasteiger partial charge >= 0.3 is 0 Å². The molecule has 0 saturated carbocycles. The van der Waals surface area contributed by atoms with Crippen molar-refractivity contribution in [3.8, 4) is 0 Å². The first-order chi connectivity index (χ1) is 8.84. The minimum absolute atomic E-state index is 0.0141. The van der Waals surface area contributed by atoms with E-state index in [9.17, 15) is 8.42 Å². The molecule has 19 heavy (non-hydrogen) atoms. The summed E-state index contributed by atoms with van der Waals surface area (Å²) in [5, 5.41) is 0. The molecule has 0 radical (unpaired) electrons. The number of benzene rings is 1. The Morgan fingerprint density at radius 3 is 2.11 bits per heavy atom. The average Bonchev–Trinajstić information content (AvgIpc) is 2.40. The second-order valence-electron chi connectivity index (χ2n) is 4.38. The fourth-order valence-electron chi connectivity index (χ4n) is 1.96. The Hall–Kier alpha value is -0.980. The SMILES string of the molecule is CCC(CC)N(C)S(=O)(=O)c1ccc(C(N)=S)cc1. The standard InChI is InChI=1S/C13H20N2O2S2/c1-4-11(5-2)15(3)19(16,17)12-8-6-10(7-9-12)13(14)18/h6-9,11H,4-5H2,1-3H3,(H2,14,18). The third-order valence-corrected chi connectivity index (χ3v) is 5.43. The van der Waals surface area contributed by atoms with Crippen molar-refractivity contribution in [1.29, 1.82) is 0 Å². The molecule has 6 heteroatoms. The largest absolute Gasteiger partial charge is 0.389 e. The fraction of sp³-hybridized carbons (Fsp3) is 0.462. The topological polar surface area (TPSA) is 63.4 Å². The highest BCUT2D eigenvalue weighted by molar-refractivity contribution is 7.89. The average molecular weight is 300 g/mol. The number of hydrogen-bond donors (Lipinski definition) is 1. The molecule has 0 spiro atoms. The van der Waals surface area contributed by atoms with Crippen molar-refractivity contribution in [2.75, 3.05) is 7.05 Å². The molecular formula is C13H20N2O2S2. The van der Waals surface area contributed by atoms with Gasteiger partial charge in [-0.1, -0.05) is 38.2 Å². The zero-order chi connectivity index (χ0) is 14.6. The van der Waals surface area contributed by atoms with Crippen LogP contribution in [0, 0.1) is 0 Å². The molecule has 0 saturated heterocycles. The molecule has 106 valence electrons. The monoisotopic (exact) mass is 300 g/mol. The zero-order valence-corrected chi connectivity index (χ0v) is 13.1. The molecule has 1 rings (SSSR count). The summed E-state index contributed by atoms with van der Waals surface area (Å²) in [4.78, 5) is 0.527. The minimum Gasteiger partial charge on any atom is -0.389 e. The van der Waals surface area contributed by atoms with E-state index in [-0.39, 0.29) is 15.9 Å². The Morgan fingerprint density at radius 2 is 1.74 bits per heavy atom. The molecule has 0 heterocycles. The second-order valence-corrected chi connectivity index (χ2v) is 6.82. The third-order valence-electron chi connectivity index (χ3n) is 3.27. The molecular weight excluding hydrogens is 280 g/mol. The van der Waals surface area contributed by atoms with E-state index in [1.165, 1.54) is 4.31 Å². The van der Waals surface area contributed by atoms with Gasteiger partial charge in [-0.3, -0.25) is 0 Å². The molecule has 4 nitrogen and oxygen atoms in total. The van der Waals surface area contributed by atoms with Gasteiger partial charge in [0.25, 0.3) is 0 Å². The van der Waals surface area contributed by atoms with Crippen LogP contribution in [0.1, 0.15) is 32.3 Å². The van der Waals surface area contributed by atoms with E-state index in [0.717, 1.165) is 12.8 Å². The predicted octanol–water partition coefficient (Wildman–Crippen LogP) is 2.13. The molecule has 0 amide bonds. The first kappa shape index (κ1) is 16.1. The van der Waals surface area contributed by atoms with Crippen LogP contribution in [-0.4, -0.2) is 30.8 Å². The van der Waals surface area contributed by atoms with E-state index in [1.54, 1.807) is 31.3 Å². The Bertz CT molecular complexity index is 534. The van der Waals surface area contributed by atoms with Gasteiger partial charge in [-0.25, -0.2) is 8.42 Å². The lowest BCUT2D eigenvalue weighted by molar-refractivity contribution is 0.349. The lowest BCUT2D eigenvalue weighted by Crippen LogP contribution is -2.36. The minimum atomic E-state index is -3.46. The Labute approximate surface area is 120 Å². The molecule has 0 fully saturated rings. The maximum absolute atomic E-state index is 12.4. The summed E-state index contributed by atoms with van der Waals surface area (Å²) in [6.07, 6.45) is 1.58. The van der Waals surface area contributed by atoms with Crippen LogP contribution in [0.3, 0.4) is 0 Å². The fourth-order valence-corrected chi connectivity index (χ4v) is 3.60. The van der Waals surface area contributed by atoms with Crippen LogP contribution < -0.4 is 5.73 Å². The van der Waals surface area contributed by atoms with Gasteiger partial charge in [-0.05, 0) is 25.0 Å². The lowest BCUT2D eigenvalue weighted by Gasteiger charge is -2.25. The third kappa shape index (κ3) is 3.52. The van der Waals surface area contributed by atoms with E-state index < -0.39 is 10.0 Å². The molecule has 2 N–H and O–H groups in total. The van der Waals surface area contributed by atoms with Crippen LogP contribution in [0.25, 0.3) is 0 Å². The summed E-state index contributed by atoms with van der Waals surface area (Å²) in [5.41, 5.74) is 6.16. The van der Waals surface area contributed by atoms with Crippen molar-refractivity contribution in [2.24, 2.45) is 5.73 Å². The summed E-state index contributed by atoms with van der Waals surface area (Å²) < 4.78 is 26.3. The summed E-state index contributed by atoms with van der Waals surface area (Å²) in [5.74, 6) is 0. The van der Waals surface area contributed by atoms with Gasteiger partial charge in [0, 0.05) is 18.7 Å². The van der Waals surface area contributed by atoms with E-state index in [0.29, 0.717) is 5.56 Å². The van der Waals surface area contributed by atoms with Gasteiger partial charge in [0.05, 0.1) is 4.90 Å². The van der Waals surface area contributed by atoms with Gasteiger partial charge in [0.1, 0.15) is 4.99 Å². The lowest BCUT2D eigenvalue weighted by atomic mass is 10.2. The molecule has 0 aromatic heterocycles. The Kier molecular flexibility index (Phi) is 5.46. The van der Waals surface area contributed by atoms with Crippen molar-refractivity contribution >= 4 is 27.2 Å². The van der Waals surface area contributed by atoms with E-state index in [4.69, 9.17) is 18.0 Å². The van der Waals surface area contributed by atoms with Crippen molar-refractivity contribution < 1.29 is 8.42 Å². The van der Waals surface area contributed by atoms with Crippen LogP contribution in [-0.2, 0) is 10.0 Å². The molecule has 0 atom stereocenters. The van der Waals surface area contributed by atoms with Gasteiger partial charge in [-0.2, -0.15) is 4.31 Å². The number of rotatable bonds is 6. The summed E-state index contributed by atoms with van der Waals surface area (Å²) in [6, 6.07) is 6.37. The molecule has 1 aromatic carbocycles. The number of nitrogens with zero attached hydrogens (tertiary/aromatic N) is 1. The van der Waals surface area contributed by atoms with Crippen LogP contribution in [0.2, 0.25) is 0 Å². The van der Waals surface area contributed by atoms with Gasteiger partial charge in [0.15, 0.2) is 0 Å². The second kappa shape index (κ2) is 6.45. The van der Waals surface area contributed by atoms with E-state index >= 15 is 0 Å². The van der Waals surface area contributed by atoms with E-state index in [2.05, 4.69) is 0 Å². The van der Waals surface area contributed by atoms with Crippen molar-refractivity contribution in [1.82, 2.24) is 4.31 Å². The van der Waals surface area contributed by atoms with Crippen molar-refractivity contribution in [3.05, 3.63) is 29.8 Å². The van der Waals surface area contributed by atoms with Gasteiger partial charge < -0.3 is 5.73 Å². The smallest absolute Gasteiger partial charge is 0.243 e. The molecule has 0 aliphatic rings. The normalized spacial score (nSPS) is 12.1.